The average molecular weight is 384 g/mol. The summed E-state index contributed by atoms with van der Waals surface area (Å²) < 4.78 is 13.0. The third-order valence-electron chi connectivity index (χ3n) is 3.71. The second kappa shape index (κ2) is 7.35. The molecule has 0 atom stereocenters. The van der Waals surface area contributed by atoms with E-state index in [4.69, 9.17) is 9.15 Å². The fourth-order valence-electron chi connectivity index (χ4n) is 2.49. The summed E-state index contributed by atoms with van der Waals surface area (Å²) in [6, 6.07) is 11.7. The molecular formula is C18H16N4O2S2. The zero-order valence-electron chi connectivity index (χ0n) is 14.2. The van der Waals surface area contributed by atoms with Gasteiger partial charge in [0.2, 0.25) is 0 Å². The zero-order chi connectivity index (χ0) is 17.9. The van der Waals surface area contributed by atoms with Crippen molar-refractivity contribution >= 4 is 23.1 Å². The summed E-state index contributed by atoms with van der Waals surface area (Å²) in [7, 11) is 1.66. The van der Waals surface area contributed by atoms with Crippen molar-refractivity contribution in [1.82, 2.24) is 19.7 Å². The Hall–Kier alpha value is -2.58. The van der Waals surface area contributed by atoms with E-state index in [9.17, 15) is 0 Å². The van der Waals surface area contributed by atoms with Gasteiger partial charge in [-0.15, -0.1) is 21.5 Å². The second-order valence-electron chi connectivity index (χ2n) is 5.50. The van der Waals surface area contributed by atoms with Crippen LogP contribution in [0.2, 0.25) is 0 Å². The quantitative estimate of drug-likeness (QED) is 0.453. The molecule has 0 N–H and O–H groups in total. The van der Waals surface area contributed by atoms with Crippen LogP contribution in [-0.4, -0.2) is 26.9 Å². The first-order valence-electron chi connectivity index (χ1n) is 7.92. The van der Waals surface area contributed by atoms with Crippen LogP contribution in [0.15, 0.2) is 57.7 Å². The lowest BCUT2D eigenvalue weighted by Crippen LogP contribution is -1.98. The largest absolute Gasteiger partial charge is 0.495 e. The van der Waals surface area contributed by atoms with Gasteiger partial charge in [0.1, 0.15) is 17.8 Å². The lowest BCUT2D eigenvalue weighted by Gasteiger charge is -2.10. The number of nitrogens with zero attached hydrogens (tertiary/aromatic N) is 4. The number of hydrogen-bond donors (Lipinski definition) is 0. The standard InChI is InChI=1S/C18H16N4O2S2/c1-12-7-8-16(24-12)17-20-13(9-25-17)10-26-18-21-19-11-22(18)14-5-3-4-6-15(14)23-2/h3-9,11H,10H2,1-2H3. The summed E-state index contributed by atoms with van der Waals surface area (Å²) in [6.45, 7) is 1.93. The van der Waals surface area contributed by atoms with Crippen molar-refractivity contribution in [2.45, 2.75) is 17.8 Å². The van der Waals surface area contributed by atoms with Gasteiger partial charge in [-0.05, 0) is 31.2 Å². The summed E-state index contributed by atoms with van der Waals surface area (Å²) in [6.07, 6.45) is 1.69. The molecule has 0 bridgehead atoms. The molecule has 0 amide bonds. The highest BCUT2D eigenvalue weighted by molar-refractivity contribution is 7.98. The lowest BCUT2D eigenvalue weighted by atomic mass is 10.3. The van der Waals surface area contributed by atoms with Gasteiger partial charge < -0.3 is 9.15 Å². The monoisotopic (exact) mass is 384 g/mol. The summed E-state index contributed by atoms with van der Waals surface area (Å²) in [5, 5.41) is 12.0. The molecule has 6 nitrogen and oxygen atoms in total. The fraction of sp³-hybridized carbons (Fsp3) is 0.167. The summed E-state index contributed by atoms with van der Waals surface area (Å²) in [4.78, 5) is 4.65. The normalized spacial score (nSPS) is 11.0. The van der Waals surface area contributed by atoms with Crippen LogP contribution in [-0.2, 0) is 5.75 Å². The van der Waals surface area contributed by atoms with Crippen LogP contribution in [0.25, 0.3) is 16.5 Å². The first kappa shape index (κ1) is 16.9. The predicted molar refractivity (Wildman–Crippen MR) is 102 cm³/mol. The number of para-hydroxylation sites is 2. The van der Waals surface area contributed by atoms with E-state index >= 15 is 0 Å². The molecule has 132 valence electrons. The van der Waals surface area contributed by atoms with Crippen LogP contribution in [0.5, 0.6) is 5.75 Å². The molecule has 0 radical (unpaired) electrons. The maximum atomic E-state index is 5.64. The molecule has 0 saturated carbocycles. The van der Waals surface area contributed by atoms with E-state index in [1.165, 1.54) is 0 Å². The molecule has 0 aliphatic heterocycles. The Bertz CT molecular complexity index is 1020. The first-order valence-corrected chi connectivity index (χ1v) is 9.78. The van der Waals surface area contributed by atoms with Gasteiger partial charge >= 0.3 is 0 Å². The predicted octanol–water partition coefficient (Wildman–Crippen LogP) is 4.59. The minimum atomic E-state index is 0.698. The highest BCUT2D eigenvalue weighted by atomic mass is 32.2. The van der Waals surface area contributed by atoms with Gasteiger partial charge in [0.05, 0.1) is 18.5 Å². The van der Waals surface area contributed by atoms with Crippen molar-refractivity contribution in [3.8, 4) is 22.2 Å². The Morgan fingerprint density at radius 2 is 2.12 bits per heavy atom. The zero-order valence-corrected chi connectivity index (χ0v) is 15.9. The van der Waals surface area contributed by atoms with Crippen molar-refractivity contribution in [2.75, 3.05) is 7.11 Å². The van der Waals surface area contributed by atoms with E-state index in [1.807, 2.05) is 53.3 Å². The van der Waals surface area contributed by atoms with Crippen molar-refractivity contribution in [1.29, 1.82) is 0 Å². The van der Waals surface area contributed by atoms with E-state index < -0.39 is 0 Å². The minimum absolute atomic E-state index is 0.698. The maximum absolute atomic E-state index is 5.64. The van der Waals surface area contributed by atoms with Crippen molar-refractivity contribution in [3.63, 3.8) is 0 Å². The van der Waals surface area contributed by atoms with E-state index in [0.717, 1.165) is 38.8 Å². The summed E-state index contributed by atoms with van der Waals surface area (Å²) >= 11 is 3.16. The smallest absolute Gasteiger partial charge is 0.196 e. The first-order chi connectivity index (χ1) is 12.7. The van der Waals surface area contributed by atoms with Gasteiger partial charge in [0.15, 0.2) is 15.9 Å². The van der Waals surface area contributed by atoms with Crippen molar-refractivity contribution in [3.05, 3.63) is 59.6 Å². The average Bonchev–Trinajstić information content (AvgIpc) is 3.40. The Labute approximate surface area is 158 Å². The molecule has 26 heavy (non-hydrogen) atoms. The number of aryl methyl sites for hydroxylation is 1. The summed E-state index contributed by atoms with van der Waals surface area (Å²) in [5.74, 6) is 3.17. The number of ether oxygens (including phenoxy) is 1. The number of benzene rings is 1. The molecule has 3 aromatic heterocycles. The number of thioether (sulfide) groups is 1. The Morgan fingerprint density at radius 3 is 2.92 bits per heavy atom. The second-order valence-corrected chi connectivity index (χ2v) is 7.30. The minimum Gasteiger partial charge on any atom is -0.495 e. The SMILES string of the molecule is COc1ccccc1-n1cnnc1SCc1csc(-c2ccc(C)o2)n1. The number of furan rings is 1. The number of rotatable bonds is 6. The third kappa shape index (κ3) is 3.38. The van der Waals surface area contributed by atoms with Gasteiger partial charge in [-0.2, -0.15) is 0 Å². The third-order valence-corrected chi connectivity index (χ3v) is 5.60. The van der Waals surface area contributed by atoms with Crippen LogP contribution >= 0.6 is 23.1 Å². The van der Waals surface area contributed by atoms with Crippen molar-refractivity contribution in [2.24, 2.45) is 0 Å². The molecule has 0 fully saturated rings. The van der Waals surface area contributed by atoms with Crippen LogP contribution in [0.3, 0.4) is 0 Å². The number of thiazole rings is 1. The molecule has 0 aliphatic rings. The molecule has 8 heteroatoms. The molecule has 0 unspecified atom stereocenters. The van der Waals surface area contributed by atoms with E-state index in [-0.39, 0.29) is 0 Å². The summed E-state index contributed by atoms with van der Waals surface area (Å²) in [5.41, 5.74) is 1.89. The van der Waals surface area contributed by atoms with E-state index in [1.54, 1.807) is 36.5 Å². The maximum Gasteiger partial charge on any atom is 0.196 e. The van der Waals surface area contributed by atoms with E-state index in [0.29, 0.717) is 5.75 Å². The van der Waals surface area contributed by atoms with Crippen molar-refractivity contribution < 1.29 is 9.15 Å². The van der Waals surface area contributed by atoms with Crippen LogP contribution in [0, 0.1) is 6.92 Å². The fourth-order valence-corrected chi connectivity index (χ4v) is 4.19. The van der Waals surface area contributed by atoms with Crippen LogP contribution in [0.1, 0.15) is 11.5 Å². The van der Waals surface area contributed by atoms with Gasteiger partial charge in [-0.3, -0.25) is 4.57 Å². The highest BCUT2D eigenvalue weighted by Gasteiger charge is 2.13. The van der Waals surface area contributed by atoms with Gasteiger partial charge in [-0.1, -0.05) is 23.9 Å². The van der Waals surface area contributed by atoms with Crippen LogP contribution in [0.4, 0.5) is 0 Å². The number of methoxy groups -OCH3 is 1. The molecule has 0 saturated heterocycles. The van der Waals surface area contributed by atoms with Gasteiger partial charge in [-0.25, -0.2) is 4.98 Å². The highest BCUT2D eigenvalue weighted by Crippen LogP contribution is 2.30. The Morgan fingerprint density at radius 1 is 1.23 bits per heavy atom. The molecule has 4 aromatic rings. The lowest BCUT2D eigenvalue weighted by molar-refractivity contribution is 0.412. The van der Waals surface area contributed by atoms with Gasteiger partial charge in [0.25, 0.3) is 0 Å². The molecule has 0 aliphatic carbocycles. The molecular weight excluding hydrogens is 368 g/mol. The Balaban J connectivity index is 1.51. The molecule has 0 spiro atoms. The molecule has 4 rings (SSSR count). The topological polar surface area (TPSA) is 66.0 Å². The number of aromatic nitrogens is 4. The van der Waals surface area contributed by atoms with Gasteiger partial charge in [0, 0.05) is 11.1 Å². The molecule has 1 aromatic carbocycles. The van der Waals surface area contributed by atoms with Crippen LogP contribution < -0.4 is 4.74 Å². The Kier molecular flexibility index (Phi) is 4.77. The van der Waals surface area contributed by atoms with E-state index in [2.05, 4.69) is 15.2 Å². The molecule has 3 heterocycles. The number of hydrogen-bond acceptors (Lipinski definition) is 7.